The first-order chi connectivity index (χ1) is 9.09. The highest BCUT2D eigenvalue weighted by molar-refractivity contribution is 5.74. The molecular weight excluding hydrogens is 240 g/mol. The van der Waals surface area contributed by atoms with Crippen molar-refractivity contribution in [3.8, 4) is 0 Å². The van der Waals surface area contributed by atoms with Crippen LogP contribution >= 0.6 is 0 Å². The van der Waals surface area contributed by atoms with Gasteiger partial charge in [-0.3, -0.25) is 0 Å². The first kappa shape index (κ1) is 13.9. The fourth-order valence-corrected chi connectivity index (χ4v) is 2.17. The van der Waals surface area contributed by atoms with Gasteiger partial charge in [-0.2, -0.15) is 0 Å². The van der Waals surface area contributed by atoms with Crippen LogP contribution in [0.2, 0.25) is 0 Å². The van der Waals surface area contributed by atoms with E-state index in [9.17, 15) is 4.79 Å². The summed E-state index contributed by atoms with van der Waals surface area (Å²) in [6.45, 7) is 7.54. The Morgan fingerprint density at radius 3 is 2.53 bits per heavy atom. The Kier molecular flexibility index (Phi) is 4.43. The van der Waals surface area contributed by atoms with Crippen LogP contribution in [-0.2, 0) is 10.2 Å². The van der Waals surface area contributed by atoms with Gasteiger partial charge in [0.1, 0.15) is 0 Å². The molecule has 1 heterocycles. The number of carbonyl (C=O) groups excluding carboxylic acids is 1. The summed E-state index contributed by atoms with van der Waals surface area (Å²) in [4.78, 5) is 13.8. The van der Waals surface area contributed by atoms with Crippen molar-refractivity contribution in [1.29, 1.82) is 0 Å². The van der Waals surface area contributed by atoms with E-state index >= 15 is 0 Å². The molecule has 1 aliphatic heterocycles. The Morgan fingerprint density at radius 2 is 1.89 bits per heavy atom. The van der Waals surface area contributed by atoms with Crippen molar-refractivity contribution in [1.82, 2.24) is 10.2 Å². The molecular formula is C15H22N2O2. The lowest BCUT2D eigenvalue weighted by Gasteiger charge is -2.30. The molecule has 1 aromatic rings. The lowest BCUT2D eigenvalue weighted by molar-refractivity contribution is 0.0529. The molecule has 0 aromatic heterocycles. The molecule has 0 unspecified atom stereocenters. The molecule has 0 atom stereocenters. The zero-order chi connectivity index (χ0) is 13.7. The molecule has 104 valence electrons. The van der Waals surface area contributed by atoms with Crippen molar-refractivity contribution in [3.05, 3.63) is 35.9 Å². The standard InChI is InChI=1S/C15H22N2O2/c1-15(2,13-6-4-3-5-7-13)12-16-14(18)17-8-10-19-11-9-17/h3-7H,8-12H2,1-2H3,(H,16,18). The van der Waals surface area contributed by atoms with Crippen molar-refractivity contribution >= 4 is 6.03 Å². The third-order valence-electron chi connectivity index (χ3n) is 3.54. The molecule has 0 radical (unpaired) electrons. The number of nitrogens with one attached hydrogen (secondary N) is 1. The molecule has 0 saturated carbocycles. The highest BCUT2D eigenvalue weighted by Gasteiger charge is 2.23. The van der Waals surface area contributed by atoms with E-state index in [1.165, 1.54) is 5.56 Å². The molecule has 4 heteroatoms. The Morgan fingerprint density at radius 1 is 1.26 bits per heavy atom. The van der Waals surface area contributed by atoms with Gasteiger partial charge in [0.15, 0.2) is 0 Å². The van der Waals surface area contributed by atoms with Crippen LogP contribution in [-0.4, -0.2) is 43.8 Å². The Hall–Kier alpha value is -1.55. The van der Waals surface area contributed by atoms with Crippen molar-refractivity contribution in [3.63, 3.8) is 0 Å². The fraction of sp³-hybridized carbons (Fsp3) is 0.533. The summed E-state index contributed by atoms with van der Waals surface area (Å²) < 4.78 is 5.24. The number of benzene rings is 1. The van der Waals surface area contributed by atoms with Gasteiger partial charge in [0.25, 0.3) is 0 Å². The molecule has 19 heavy (non-hydrogen) atoms. The summed E-state index contributed by atoms with van der Waals surface area (Å²) in [5.74, 6) is 0. The van der Waals surface area contributed by atoms with Crippen molar-refractivity contribution in [2.75, 3.05) is 32.8 Å². The number of nitrogens with zero attached hydrogens (tertiary/aromatic N) is 1. The maximum atomic E-state index is 12.0. The van der Waals surface area contributed by atoms with Crippen molar-refractivity contribution in [2.45, 2.75) is 19.3 Å². The number of amides is 2. The lowest BCUT2D eigenvalue weighted by atomic mass is 9.85. The van der Waals surface area contributed by atoms with Crippen LogP contribution in [0.3, 0.4) is 0 Å². The second kappa shape index (κ2) is 6.06. The maximum absolute atomic E-state index is 12.0. The molecule has 2 rings (SSSR count). The van der Waals surface area contributed by atoms with Gasteiger partial charge in [-0.15, -0.1) is 0 Å². The average Bonchev–Trinajstić information content (AvgIpc) is 2.47. The van der Waals surface area contributed by atoms with Gasteiger partial charge in [-0.1, -0.05) is 44.2 Å². The van der Waals surface area contributed by atoms with Crippen LogP contribution in [0.25, 0.3) is 0 Å². The number of ether oxygens (including phenoxy) is 1. The molecule has 1 aromatic carbocycles. The highest BCUT2D eigenvalue weighted by Crippen LogP contribution is 2.21. The van der Waals surface area contributed by atoms with Crippen molar-refractivity contribution < 1.29 is 9.53 Å². The molecule has 2 amide bonds. The number of morpholine rings is 1. The molecule has 1 N–H and O–H groups in total. The smallest absolute Gasteiger partial charge is 0.317 e. The lowest BCUT2D eigenvalue weighted by Crippen LogP contribution is -2.48. The minimum atomic E-state index is -0.0663. The Labute approximate surface area is 114 Å². The van der Waals surface area contributed by atoms with E-state index in [0.717, 1.165) is 0 Å². The number of carbonyl (C=O) groups is 1. The third kappa shape index (κ3) is 3.70. The predicted molar refractivity (Wildman–Crippen MR) is 75.3 cm³/mol. The zero-order valence-corrected chi connectivity index (χ0v) is 11.7. The number of rotatable bonds is 3. The quantitative estimate of drug-likeness (QED) is 0.905. The minimum Gasteiger partial charge on any atom is -0.378 e. The van der Waals surface area contributed by atoms with E-state index in [1.54, 1.807) is 0 Å². The summed E-state index contributed by atoms with van der Waals surface area (Å²) in [5.41, 5.74) is 1.17. The van der Waals surface area contributed by atoms with Gasteiger partial charge >= 0.3 is 6.03 Å². The van der Waals surface area contributed by atoms with Crippen LogP contribution in [0.4, 0.5) is 4.79 Å². The third-order valence-corrected chi connectivity index (χ3v) is 3.54. The maximum Gasteiger partial charge on any atom is 0.317 e. The van der Waals surface area contributed by atoms with Gasteiger partial charge in [0.2, 0.25) is 0 Å². The minimum absolute atomic E-state index is 0.00676. The van der Waals surface area contributed by atoms with Gasteiger partial charge in [-0.05, 0) is 5.56 Å². The molecule has 4 nitrogen and oxygen atoms in total. The van der Waals surface area contributed by atoms with Crippen LogP contribution in [0, 0.1) is 0 Å². The highest BCUT2D eigenvalue weighted by atomic mass is 16.5. The normalized spacial score (nSPS) is 16.2. The predicted octanol–water partition coefficient (Wildman–Crippen LogP) is 2.01. The average molecular weight is 262 g/mol. The molecule has 1 fully saturated rings. The largest absolute Gasteiger partial charge is 0.378 e. The molecule has 0 aliphatic carbocycles. The van der Waals surface area contributed by atoms with Gasteiger partial charge in [-0.25, -0.2) is 4.79 Å². The van der Waals surface area contributed by atoms with E-state index in [-0.39, 0.29) is 11.4 Å². The first-order valence-corrected chi connectivity index (χ1v) is 6.76. The second-order valence-corrected chi connectivity index (χ2v) is 5.51. The summed E-state index contributed by atoms with van der Waals surface area (Å²) in [5, 5.41) is 3.02. The number of urea groups is 1. The van der Waals surface area contributed by atoms with Crippen LogP contribution in [0.1, 0.15) is 19.4 Å². The van der Waals surface area contributed by atoms with Crippen LogP contribution in [0.15, 0.2) is 30.3 Å². The van der Waals surface area contributed by atoms with E-state index in [4.69, 9.17) is 4.74 Å². The molecule has 1 saturated heterocycles. The van der Waals surface area contributed by atoms with Crippen LogP contribution < -0.4 is 5.32 Å². The summed E-state index contributed by atoms with van der Waals surface area (Å²) in [6, 6.07) is 10.3. The van der Waals surface area contributed by atoms with Gasteiger partial charge in [0.05, 0.1) is 13.2 Å². The van der Waals surface area contributed by atoms with E-state index in [0.29, 0.717) is 32.8 Å². The topological polar surface area (TPSA) is 41.6 Å². The monoisotopic (exact) mass is 262 g/mol. The van der Waals surface area contributed by atoms with Gasteiger partial charge in [0, 0.05) is 25.0 Å². The molecule has 0 spiro atoms. The van der Waals surface area contributed by atoms with Gasteiger partial charge < -0.3 is 15.0 Å². The first-order valence-electron chi connectivity index (χ1n) is 6.76. The Balaban J connectivity index is 1.88. The molecule has 0 bridgehead atoms. The summed E-state index contributed by atoms with van der Waals surface area (Å²) >= 11 is 0. The SMILES string of the molecule is CC(C)(CNC(=O)N1CCOCC1)c1ccccc1. The van der Waals surface area contributed by atoms with E-state index in [1.807, 2.05) is 23.1 Å². The Bertz CT molecular complexity index is 411. The summed E-state index contributed by atoms with van der Waals surface area (Å²) in [6.07, 6.45) is 0. The number of hydrogen-bond acceptors (Lipinski definition) is 2. The zero-order valence-electron chi connectivity index (χ0n) is 11.7. The fourth-order valence-electron chi connectivity index (χ4n) is 2.17. The van der Waals surface area contributed by atoms with Crippen molar-refractivity contribution in [2.24, 2.45) is 0 Å². The van der Waals surface area contributed by atoms with E-state index < -0.39 is 0 Å². The second-order valence-electron chi connectivity index (χ2n) is 5.51. The van der Waals surface area contributed by atoms with E-state index in [2.05, 4.69) is 31.3 Å². The summed E-state index contributed by atoms with van der Waals surface area (Å²) in [7, 11) is 0. The van der Waals surface area contributed by atoms with Crippen LogP contribution in [0.5, 0.6) is 0 Å². The number of hydrogen-bond donors (Lipinski definition) is 1. The molecule has 1 aliphatic rings.